The van der Waals surface area contributed by atoms with E-state index < -0.39 is 12.3 Å². The van der Waals surface area contributed by atoms with Gasteiger partial charge in [0.05, 0.1) is 0 Å². The van der Waals surface area contributed by atoms with Gasteiger partial charge in [0, 0.05) is 10.6 Å². The van der Waals surface area contributed by atoms with Crippen molar-refractivity contribution in [2.45, 2.75) is 31.0 Å². The van der Waals surface area contributed by atoms with Crippen LogP contribution >= 0.6 is 11.8 Å². The smallest absolute Gasteiger partial charge is 0.383 e. The number of hydrogen-bond acceptors (Lipinski definition) is 2. The van der Waals surface area contributed by atoms with E-state index in [4.69, 9.17) is 5.11 Å². The molecule has 0 aromatic heterocycles. The average Bonchev–Trinajstić information content (AvgIpc) is 2.17. The van der Waals surface area contributed by atoms with Crippen molar-refractivity contribution in [2.24, 2.45) is 0 Å². The lowest BCUT2D eigenvalue weighted by Gasteiger charge is -2.14. The van der Waals surface area contributed by atoms with Crippen molar-refractivity contribution >= 4 is 11.8 Å². The zero-order valence-corrected chi connectivity index (χ0v) is 9.82. The zero-order chi connectivity index (χ0) is 12.3. The van der Waals surface area contributed by atoms with Crippen molar-refractivity contribution in [3.8, 4) is 0 Å². The first-order valence-electron chi connectivity index (χ1n) is 4.75. The summed E-state index contributed by atoms with van der Waals surface area (Å²) >= 11 is 1.03. The maximum Gasteiger partial charge on any atom is 0.415 e. The molecule has 1 atom stereocenters. The van der Waals surface area contributed by atoms with E-state index in [0.717, 1.165) is 27.8 Å². The Hall–Kier alpha value is -0.680. The molecule has 1 nitrogen and oxygen atoms in total. The van der Waals surface area contributed by atoms with E-state index in [1.165, 1.54) is 0 Å². The summed E-state index contributed by atoms with van der Waals surface area (Å²) in [6, 6.07) is 5.58. The van der Waals surface area contributed by atoms with Crippen molar-refractivity contribution in [2.75, 3.05) is 5.75 Å². The van der Waals surface area contributed by atoms with Gasteiger partial charge in [0.25, 0.3) is 0 Å². The first-order chi connectivity index (χ1) is 7.30. The van der Waals surface area contributed by atoms with Crippen molar-refractivity contribution in [1.29, 1.82) is 0 Å². The van der Waals surface area contributed by atoms with Gasteiger partial charge in [-0.05, 0) is 25.5 Å². The van der Waals surface area contributed by atoms with Crippen LogP contribution in [-0.2, 0) is 0 Å². The Labute approximate surface area is 96.7 Å². The molecule has 0 spiro atoms. The van der Waals surface area contributed by atoms with Gasteiger partial charge in [0.1, 0.15) is 0 Å². The van der Waals surface area contributed by atoms with E-state index in [1.54, 1.807) is 0 Å². The lowest BCUT2D eigenvalue weighted by atomic mass is 10.2. The number of benzene rings is 1. The molecule has 90 valence electrons. The number of thioether (sulfide) groups is 1. The number of aliphatic hydroxyl groups excluding tert-OH is 1. The van der Waals surface area contributed by atoms with Crippen LogP contribution in [-0.4, -0.2) is 23.1 Å². The van der Waals surface area contributed by atoms with E-state index in [2.05, 4.69) is 0 Å². The summed E-state index contributed by atoms with van der Waals surface area (Å²) in [6.45, 7) is 3.71. The second-order valence-electron chi connectivity index (χ2n) is 3.64. The molecule has 1 unspecified atom stereocenters. The van der Waals surface area contributed by atoms with Crippen molar-refractivity contribution in [3.63, 3.8) is 0 Å². The van der Waals surface area contributed by atoms with E-state index in [0.29, 0.717) is 0 Å². The molecule has 0 amide bonds. The molecule has 0 aliphatic carbocycles. The van der Waals surface area contributed by atoms with Crippen LogP contribution in [0.2, 0.25) is 0 Å². The van der Waals surface area contributed by atoms with Gasteiger partial charge in [-0.15, -0.1) is 11.8 Å². The van der Waals surface area contributed by atoms with Crippen molar-refractivity contribution in [3.05, 3.63) is 29.3 Å². The zero-order valence-electron chi connectivity index (χ0n) is 9.01. The summed E-state index contributed by atoms with van der Waals surface area (Å²) in [5.74, 6) is -0.367. The Kier molecular flexibility index (Phi) is 4.27. The minimum atomic E-state index is -4.54. The number of alkyl halides is 3. The summed E-state index contributed by atoms with van der Waals surface area (Å²) in [6.07, 6.45) is -6.80. The topological polar surface area (TPSA) is 20.2 Å². The molecule has 5 heteroatoms. The van der Waals surface area contributed by atoms with Crippen LogP contribution in [0.5, 0.6) is 0 Å². The van der Waals surface area contributed by atoms with Gasteiger partial charge >= 0.3 is 6.18 Å². The maximum atomic E-state index is 12.1. The van der Waals surface area contributed by atoms with Gasteiger partial charge < -0.3 is 5.11 Å². The summed E-state index contributed by atoms with van der Waals surface area (Å²) in [5, 5.41) is 8.86. The van der Waals surface area contributed by atoms with Crippen LogP contribution in [0, 0.1) is 13.8 Å². The van der Waals surface area contributed by atoms with Gasteiger partial charge in [-0.3, -0.25) is 0 Å². The van der Waals surface area contributed by atoms with Crippen LogP contribution in [0.4, 0.5) is 13.2 Å². The van der Waals surface area contributed by atoms with Gasteiger partial charge in [0.2, 0.25) is 0 Å². The third kappa shape index (κ3) is 3.72. The molecule has 1 aromatic carbocycles. The number of hydrogen-bond donors (Lipinski definition) is 1. The predicted octanol–water partition coefficient (Wildman–Crippen LogP) is 3.32. The van der Waals surface area contributed by atoms with Crippen LogP contribution in [0.3, 0.4) is 0 Å². The monoisotopic (exact) mass is 250 g/mol. The molecular formula is C11H13F3OS. The molecule has 0 radical (unpaired) electrons. The normalized spacial score (nSPS) is 13.9. The van der Waals surface area contributed by atoms with Crippen LogP contribution < -0.4 is 0 Å². The summed E-state index contributed by atoms with van der Waals surface area (Å²) in [7, 11) is 0. The fraction of sp³-hybridized carbons (Fsp3) is 0.455. The minimum absolute atomic E-state index is 0.367. The fourth-order valence-electron chi connectivity index (χ4n) is 1.13. The Morgan fingerprint density at radius 1 is 1.31 bits per heavy atom. The third-order valence-electron chi connectivity index (χ3n) is 2.12. The highest BCUT2D eigenvalue weighted by Crippen LogP contribution is 2.28. The SMILES string of the molecule is Cc1ccc(C)c(SCC(O)C(F)(F)F)c1. The Balaban J connectivity index is 2.64. The van der Waals surface area contributed by atoms with Crippen molar-refractivity contribution in [1.82, 2.24) is 0 Å². The summed E-state index contributed by atoms with van der Waals surface area (Å²) in [4.78, 5) is 0.781. The maximum absolute atomic E-state index is 12.1. The second kappa shape index (κ2) is 5.10. The lowest BCUT2D eigenvalue weighted by Crippen LogP contribution is -2.30. The highest BCUT2D eigenvalue weighted by molar-refractivity contribution is 7.99. The Morgan fingerprint density at radius 3 is 2.50 bits per heavy atom. The van der Waals surface area contributed by atoms with Crippen LogP contribution in [0.25, 0.3) is 0 Å². The minimum Gasteiger partial charge on any atom is -0.383 e. The van der Waals surface area contributed by atoms with Gasteiger partial charge in [-0.1, -0.05) is 17.7 Å². The largest absolute Gasteiger partial charge is 0.415 e. The summed E-state index contributed by atoms with van der Waals surface area (Å²) < 4.78 is 36.2. The highest BCUT2D eigenvalue weighted by atomic mass is 32.2. The highest BCUT2D eigenvalue weighted by Gasteiger charge is 2.37. The molecule has 1 aromatic rings. The summed E-state index contributed by atoms with van der Waals surface area (Å²) in [5.41, 5.74) is 1.92. The van der Waals surface area contributed by atoms with Gasteiger partial charge in [-0.25, -0.2) is 0 Å². The van der Waals surface area contributed by atoms with E-state index in [1.807, 2.05) is 32.0 Å². The Bertz CT molecular complexity index is 363. The average molecular weight is 250 g/mol. The molecular weight excluding hydrogens is 237 g/mol. The molecule has 16 heavy (non-hydrogen) atoms. The molecule has 0 aliphatic rings. The van der Waals surface area contributed by atoms with Gasteiger partial charge in [0.15, 0.2) is 6.10 Å². The molecule has 0 bridgehead atoms. The van der Waals surface area contributed by atoms with E-state index in [-0.39, 0.29) is 5.75 Å². The molecule has 1 N–H and O–H groups in total. The molecule has 0 saturated carbocycles. The first kappa shape index (κ1) is 13.4. The number of rotatable bonds is 3. The molecule has 0 heterocycles. The molecule has 1 rings (SSSR count). The Morgan fingerprint density at radius 2 is 1.94 bits per heavy atom. The van der Waals surface area contributed by atoms with E-state index in [9.17, 15) is 13.2 Å². The van der Waals surface area contributed by atoms with E-state index >= 15 is 0 Å². The molecule has 0 aliphatic heterocycles. The number of aryl methyl sites for hydroxylation is 2. The predicted molar refractivity (Wildman–Crippen MR) is 58.7 cm³/mol. The standard InChI is InChI=1S/C11H13F3OS/c1-7-3-4-8(2)9(5-7)16-6-10(15)11(12,13)14/h3-5,10,15H,6H2,1-2H3. The van der Waals surface area contributed by atoms with Gasteiger partial charge in [-0.2, -0.15) is 13.2 Å². The lowest BCUT2D eigenvalue weighted by molar-refractivity contribution is -0.195. The van der Waals surface area contributed by atoms with Crippen LogP contribution in [0.1, 0.15) is 11.1 Å². The number of halogens is 3. The molecule has 0 saturated heterocycles. The molecule has 0 fully saturated rings. The number of aliphatic hydroxyl groups is 1. The van der Waals surface area contributed by atoms with Crippen LogP contribution in [0.15, 0.2) is 23.1 Å². The second-order valence-corrected chi connectivity index (χ2v) is 4.70. The quantitative estimate of drug-likeness (QED) is 0.830. The third-order valence-corrected chi connectivity index (χ3v) is 3.35. The van der Waals surface area contributed by atoms with Crippen molar-refractivity contribution < 1.29 is 18.3 Å². The first-order valence-corrected chi connectivity index (χ1v) is 5.74. The fourth-order valence-corrected chi connectivity index (χ4v) is 2.22.